The van der Waals surface area contributed by atoms with Crippen LogP contribution < -0.4 is 19.1 Å². The third-order valence-corrected chi connectivity index (χ3v) is 6.63. The molecule has 8 heteroatoms. The fourth-order valence-corrected chi connectivity index (χ4v) is 4.72. The van der Waals surface area contributed by atoms with E-state index >= 15 is 0 Å². The Balaban J connectivity index is 2.01. The molecule has 0 bridgehead atoms. The van der Waals surface area contributed by atoms with Gasteiger partial charge in [-0.1, -0.05) is 27.7 Å². The largest absolute Gasteiger partial charge is 0.497 e. The molecule has 2 aromatic rings. The highest BCUT2D eigenvalue weighted by Gasteiger charge is 2.39. The van der Waals surface area contributed by atoms with Crippen LogP contribution >= 0.6 is 0 Å². The molecule has 162 valence electrons. The van der Waals surface area contributed by atoms with Crippen molar-refractivity contribution in [2.24, 2.45) is 5.92 Å². The molecule has 0 unspecified atom stereocenters. The SMILES string of the molecule is COc1ccc(OC)c(NS(=O)(=O)c2ccc3c(c2)C(C)(C)CN3C(=O)C(C)C)c1. The Morgan fingerprint density at radius 2 is 1.80 bits per heavy atom. The van der Waals surface area contributed by atoms with Gasteiger partial charge in [-0.2, -0.15) is 0 Å². The molecule has 0 radical (unpaired) electrons. The number of nitrogens with zero attached hydrogens (tertiary/aromatic N) is 1. The number of rotatable bonds is 6. The summed E-state index contributed by atoms with van der Waals surface area (Å²) in [5.74, 6) is 0.773. The van der Waals surface area contributed by atoms with E-state index in [1.807, 2.05) is 27.7 Å². The molecular formula is C22H28N2O5S. The van der Waals surface area contributed by atoms with Crippen LogP contribution in [0.15, 0.2) is 41.3 Å². The van der Waals surface area contributed by atoms with Gasteiger partial charge in [0.05, 0.1) is 24.8 Å². The molecule has 0 aromatic heterocycles. The summed E-state index contributed by atoms with van der Waals surface area (Å²) in [4.78, 5) is 14.5. The number of anilines is 2. The van der Waals surface area contributed by atoms with Crippen LogP contribution in [0, 0.1) is 5.92 Å². The molecule has 1 heterocycles. The number of nitrogens with one attached hydrogen (secondary N) is 1. The maximum absolute atomic E-state index is 13.1. The van der Waals surface area contributed by atoms with E-state index in [9.17, 15) is 13.2 Å². The number of carbonyl (C=O) groups excluding carboxylic acids is 1. The molecule has 1 aliphatic rings. The molecule has 3 rings (SSSR count). The lowest BCUT2D eigenvalue weighted by Gasteiger charge is -2.22. The molecule has 0 fully saturated rings. The molecule has 1 aliphatic heterocycles. The molecule has 7 nitrogen and oxygen atoms in total. The summed E-state index contributed by atoms with van der Waals surface area (Å²) in [6, 6.07) is 9.78. The maximum atomic E-state index is 13.1. The molecule has 30 heavy (non-hydrogen) atoms. The van der Waals surface area contributed by atoms with E-state index in [0.29, 0.717) is 18.0 Å². The molecule has 0 atom stereocenters. The molecule has 0 spiro atoms. The van der Waals surface area contributed by atoms with Gasteiger partial charge in [-0.15, -0.1) is 0 Å². The van der Waals surface area contributed by atoms with E-state index in [2.05, 4.69) is 4.72 Å². The second kappa shape index (κ2) is 7.83. The zero-order valence-electron chi connectivity index (χ0n) is 18.1. The molecule has 0 saturated carbocycles. The fourth-order valence-electron chi connectivity index (χ4n) is 3.63. The Labute approximate surface area is 178 Å². The maximum Gasteiger partial charge on any atom is 0.262 e. The van der Waals surface area contributed by atoms with E-state index in [-0.39, 0.29) is 27.8 Å². The number of hydrogen-bond donors (Lipinski definition) is 1. The first-order valence-electron chi connectivity index (χ1n) is 9.71. The van der Waals surface area contributed by atoms with E-state index < -0.39 is 10.0 Å². The Kier molecular flexibility index (Phi) is 5.73. The van der Waals surface area contributed by atoms with Crippen molar-refractivity contribution in [1.29, 1.82) is 0 Å². The van der Waals surface area contributed by atoms with Gasteiger partial charge < -0.3 is 14.4 Å². The standard InChI is InChI=1S/C22H28N2O5S/c1-14(2)21(25)24-13-22(3,4)17-12-16(8-9-19(17)24)30(26,27)23-18-11-15(28-5)7-10-20(18)29-6/h7-12,14,23H,13H2,1-6H3. The number of hydrogen-bond acceptors (Lipinski definition) is 5. The van der Waals surface area contributed by atoms with Gasteiger partial charge in [0.25, 0.3) is 10.0 Å². The summed E-state index contributed by atoms with van der Waals surface area (Å²) in [7, 11) is -0.909. The quantitative estimate of drug-likeness (QED) is 0.751. The molecular weight excluding hydrogens is 404 g/mol. The topological polar surface area (TPSA) is 84.9 Å². The summed E-state index contributed by atoms with van der Waals surface area (Å²) < 4.78 is 39.3. The van der Waals surface area contributed by atoms with Crippen LogP contribution in [-0.2, 0) is 20.2 Å². The monoisotopic (exact) mass is 432 g/mol. The minimum absolute atomic E-state index is 0.0247. The van der Waals surface area contributed by atoms with Crippen molar-refractivity contribution < 1.29 is 22.7 Å². The van der Waals surface area contributed by atoms with Crippen LogP contribution in [0.1, 0.15) is 33.3 Å². The molecule has 2 aromatic carbocycles. The highest BCUT2D eigenvalue weighted by Crippen LogP contribution is 2.42. The minimum Gasteiger partial charge on any atom is -0.497 e. The lowest BCUT2D eigenvalue weighted by Crippen LogP contribution is -2.36. The Morgan fingerprint density at radius 1 is 1.10 bits per heavy atom. The number of amides is 1. The van der Waals surface area contributed by atoms with Gasteiger partial charge in [-0.25, -0.2) is 8.42 Å². The first-order valence-corrected chi connectivity index (χ1v) is 11.2. The van der Waals surface area contributed by atoms with E-state index in [1.165, 1.54) is 20.3 Å². The van der Waals surface area contributed by atoms with Gasteiger partial charge in [0.2, 0.25) is 5.91 Å². The lowest BCUT2D eigenvalue weighted by atomic mass is 9.87. The molecule has 0 aliphatic carbocycles. The van der Waals surface area contributed by atoms with Crippen molar-refractivity contribution in [2.75, 3.05) is 30.4 Å². The highest BCUT2D eigenvalue weighted by atomic mass is 32.2. The second-order valence-corrected chi connectivity index (χ2v) is 10.00. The van der Waals surface area contributed by atoms with Gasteiger partial charge in [0, 0.05) is 29.6 Å². The smallest absolute Gasteiger partial charge is 0.262 e. The average molecular weight is 433 g/mol. The Hall–Kier alpha value is -2.74. The van der Waals surface area contributed by atoms with Gasteiger partial charge in [-0.05, 0) is 35.9 Å². The third kappa shape index (κ3) is 3.96. The van der Waals surface area contributed by atoms with Gasteiger partial charge in [0.1, 0.15) is 11.5 Å². The molecule has 1 amide bonds. The van der Waals surface area contributed by atoms with E-state index in [1.54, 1.807) is 35.2 Å². The van der Waals surface area contributed by atoms with E-state index in [0.717, 1.165) is 11.3 Å². The number of carbonyl (C=O) groups is 1. The normalized spacial score (nSPS) is 15.1. The van der Waals surface area contributed by atoms with Crippen LogP contribution in [0.5, 0.6) is 11.5 Å². The zero-order valence-corrected chi connectivity index (χ0v) is 19.0. The van der Waals surface area contributed by atoms with Crippen molar-refractivity contribution in [3.05, 3.63) is 42.0 Å². The van der Waals surface area contributed by atoms with Gasteiger partial charge >= 0.3 is 0 Å². The Bertz CT molecular complexity index is 1080. The summed E-state index contributed by atoms with van der Waals surface area (Å²) in [6.45, 7) is 8.25. The first-order chi connectivity index (χ1) is 14.0. The first kappa shape index (κ1) is 22.0. The van der Waals surface area contributed by atoms with Crippen molar-refractivity contribution in [3.63, 3.8) is 0 Å². The summed E-state index contributed by atoms with van der Waals surface area (Å²) >= 11 is 0. The lowest BCUT2D eigenvalue weighted by molar-refractivity contribution is -0.121. The average Bonchev–Trinajstić information content (AvgIpc) is 2.97. The van der Waals surface area contributed by atoms with E-state index in [4.69, 9.17) is 9.47 Å². The summed E-state index contributed by atoms with van der Waals surface area (Å²) in [5.41, 5.74) is 1.51. The van der Waals surface area contributed by atoms with Crippen molar-refractivity contribution >= 4 is 27.3 Å². The van der Waals surface area contributed by atoms with Gasteiger partial charge in [0.15, 0.2) is 0 Å². The summed E-state index contributed by atoms with van der Waals surface area (Å²) in [5, 5.41) is 0. The number of sulfonamides is 1. The highest BCUT2D eigenvalue weighted by molar-refractivity contribution is 7.92. The minimum atomic E-state index is -3.89. The number of fused-ring (bicyclic) bond motifs is 1. The molecule has 0 saturated heterocycles. The van der Waals surface area contributed by atoms with Crippen LogP contribution in [0.4, 0.5) is 11.4 Å². The van der Waals surface area contributed by atoms with Crippen LogP contribution in [-0.4, -0.2) is 35.1 Å². The zero-order chi connectivity index (χ0) is 22.3. The predicted molar refractivity (Wildman–Crippen MR) is 117 cm³/mol. The van der Waals surface area contributed by atoms with Crippen LogP contribution in [0.3, 0.4) is 0 Å². The van der Waals surface area contributed by atoms with Crippen LogP contribution in [0.2, 0.25) is 0 Å². The second-order valence-electron chi connectivity index (χ2n) is 8.31. The van der Waals surface area contributed by atoms with Crippen molar-refractivity contribution in [2.45, 2.75) is 38.0 Å². The third-order valence-electron chi connectivity index (χ3n) is 5.26. The van der Waals surface area contributed by atoms with Crippen molar-refractivity contribution in [3.8, 4) is 11.5 Å². The predicted octanol–water partition coefficient (Wildman–Crippen LogP) is 3.78. The van der Waals surface area contributed by atoms with Crippen LogP contribution in [0.25, 0.3) is 0 Å². The number of ether oxygens (including phenoxy) is 2. The number of methoxy groups -OCH3 is 2. The van der Waals surface area contributed by atoms with Crippen molar-refractivity contribution in [1.82, 2.24) is 0 Å². The Morgan fingerprint density at radius 3 is 2.40 bits per heavy atom. The summed E-state index contributed by atoms with van der Waals surface area (Å²) in [6.07, 6.45) is 0. The number of benzene rings is 2. The fraction of sp³-hybridized carbons (Fsp3) is 0.409. The molecule has 1 N–H and O–H groups in total. The van der Waals surface area contributed by atoms with Gasteiger partial charge in [-0.3, -0.25) is 9.52 Å².